The van der Waals surface area contributed by atoms with Gasteiger partial charge >= 0.3 is 0 Å². The molecule has 1 aliphatic rings. The van der Waals surface area contributed by atoms with Gasteiger partial charge in [0.2, 0.25) is 0 Å². The molecule has 0 saturated carbocycles. The molecule has 31 heavy (non-hydrogen) atoms. The lowest BCUT2D eigenvalue weighted by atomic mass is 10.1. The molecule has 5 rings (SSSR count). The first-order chi connectivity index (χ1) is 15.1. The normalized spacial score (nSPS) is 14.8. The second-order valence-electron chi connectivity index (χ2n) is 7.59. The number of piperazine rings is 1. The van der Waals surface area contributed by atoms with Crippen molar-refractivity contribution in [1.29, 1.82) is 5.26 Å². The Labute approximate surface area is 183 Å². The summed E-state index contributed by atoms with van der Waals surface area (Å²) in [6.45, 7) is 3.63. The predicted molar refractivity (Wildman–Crippen MR) is 121 cm³/mol. The largest absolute Gasteiger partial charge is 0.367 e. The minimum atomic E-state index is -0.113. The van der Waals surface area contributed by atoms with Crippen LogP contribution in [0.1, 0.15) is 11.4 Å². The number of hydrogen-bond donors (Lipinski definition) is 1. The van der Waals surface area contributed by atoms with E-state index in [1.807, 2.05) is 36.4 Å². The summed E-state index contributed by atoms with van der Waals surface area (Å²) in [5.41, 5.74) is 2.84. The van der Waals surface area contributed by atoms with Crippen LogP contribution in [-0.4, -0.2) is 46.0 Å². The van der Waals surface area contributed by atoms with Crippen LogP contribution in [-0.2, 0) is 6.54 Å². The molecule has 0 bridgehead atoms. The molecule has 1 saturated heterocycles. The Bertz CT molecular complexity index is 1380. The van der Waals surface area contributed by atoms with Crippen molar-refractivity contribution in [3.8, 4) is 6.07 Å². The van der Waals surface area contributed by atoms with Gasteiger partial charge in [0, 0.05) is 42.8 Å². The molecule has 1 aliphatic heterocycles. The molecule has 0 unspecified atom stereocenters. The molecule has 8 heteroatoms. The van der Waals surface area contributed by atoms with E-state index in [1.54, 1.807) is 12.3 Å². The van der Waals surface area contributed by atoms with Crippen molar-refractivity contribution in [3.63, 3.8) is 0 Å². The molecule has 7 nitrogen and oxygen atoms in total. The fourth-order valence-electron chi connectivity index (χ4n) is 4.12. The third-order valence-corrected chi connectivity index (χ3v) is 5.88. The molecule has 1 N–H and O–H groups in total. The highest BCUT2D eigenvalue weighted by Gasteiger charge is 2.22. The van der Waals surface area contributed by atoms with E-state index in [4.69, 9.17) is 11.6 Å². The van der Waals surface area contributed by atoms with Crippen LogP contribution in [0.3, 0.4) is 0 Å². The first-order valence-electron chi connectivity index (χ1n) is 10.1. The Morgan fingerprint density at radius 2 is 1.87 bits per heavy atom. The van der Waals surface area contributed by atoms with Gasteiger partial charge in [-0.15, -0.1) is 0 Å². The van der Waals surface area contributed by atoms with Gasteiger partial charge in [0.15, 0.2) is 0 Å². The topological polar surface area (TPSA) is 88.9 Å². The highest BCUT2D eigenvalue weighted by Crippen LogP contribution is 2.32. The van der Waals surface area contributed by atoms with Crippen LogP contribution in [0.25, 0.3) is 21.8 Å². The highest BCUT2D eigenvalue weighted by atomic mass is 35.5. The molecule has 0 radical (unpaired) electrons. The first-order valence-corrected chi connectivity index (χ1v) is 10.4. The van der Waals surface area contributed by atoms with E-state index >= 15 is 0 Å². The Balaban J connectivity index is 1.37. The van der Waals surface area contributed by atoms with E-state index in [9.17, 15) is 10.1 Å². The zero-order valence-electron chi connectivity index (χ0n) is 16.7. The van der Waals surface area contributed by atoms with E-state index in [0.29, 0.717) is 33.9 Å². The van der Waals surface area contributed by atoms with E-state index in [-0.39, 0.29) is 5.56 Å². The Morgan fingerprint density at radius 1 is 1.06 bits per heavy atom. The fraction of sp³-hybridized carbons (Fsp3) is 0.217. The van der Waals surface area contributed by atoms with Gasteiger partial charge in [-0.25, -0.2) is 4.98 Å². The van der Waals surface area contributed by atoms with Gasteiger partial charge in [-0.1, -0.05) is 23.7 Å². The van der Waals surface area contributed by atoms with Crippen molar-refractivity contribution in [3.05, 3.63) is 75.4 Å². The van der Waals surface area contributed by atoms with Crippen LogP contribution in [0.4, 0.5) is 5.69 Å². The lowest BCUT2D eigenvalue weighted by Gasteiger charge is -2.36. The summed E-state index contributed by atoms with van der Waals surface area (Å²) in [6.07, 6.45) is 1.63. The summed E-state index contributed by atoms with van der Waals surface area (Å²) in [4.78, 5) is 28.7. The molecule has 1 fully saturated rings. The van der Waals surface area contributed by atoms with Crippen LogP contribution in [0, 0.1) is 11.3 Å². The molecule has 4 aromatic rings. The minimum Gasteiger partial charge on any atom is -0.367 e. The number of para-hydroxylation sites is 1. The summed E-state index contributed by atoms with van der Waals surface area (Å²) in [5, 5.41) is 11.7. The second-order valence-corrected chi connectivity index (χ2v) is 8.02. The number of halogens is 1. The zero-order chi connectivity index (χ0) is 21.4. The Morgan fingerprint density at radius 3 is 2.68 bits per heavy atom. The van der Waals surface area contributed by atoms with E-state index in [2.05, 4.69) is 30.8 Å². The minimum absolute atomic E-state index is 0.113. The third kappa shape index (κ3) is 3.72. The zero-order valence-corrected chi connectivity index (χ0v) is 17.4. The van der Waals surface area contributed by atoms with Crippen molar-refractivity contribution < 1.29 is 0 Å². The van der Waals surface area contributed by atoms with Crippen molar-refractivity contribution in [1.82, 2.24) is 19.9 Å². The van der Waals surface area contributed by atoms with Crippen molar-refractivity contribution >= 4 is 39.1 Å². The SMILES string of the molecule is N#Cc1cnc2ccc(Cl)cc2c1N1CCN(Cc2nc3ccccc3c(=O)[nH]2)CC1. The number of aromatic amines is 1. The highest BCUT2D eigenvalue weighted by molar-refractivity contribution is 6.31. The van der Waals surface area contributed by atoms with Gasteiger partial charge in [0.25, 0.3) is 5.56 Å². The van der Waals surface area contributed by atoms with Gasteiger partial charge < -0.3 is 9.88 Å². The van der Waals surface area contributed by atoms with Crippen molar-refractivity contribution in [2.24, 2.45) is 0 Å². The number of fused-ring (bicyclic) bond motifs is 2. The molecule has 154 valence electrons. The summed E-state index contributed by atoms with van der Waals surface area (Å²) < 4.78 is 0. The molecule has 0 atom stereocenters. The summed E-state index contributed by atoms with van der Waals surface area (Å²) in [5.74, 6) is 0.663. The van der Waals surface area contributed by atoms with Gasteiger partial charge in [0.1, 0.15) is 11.9 Å². The lowest BCUT2D eigenvalue weighted by molar-refractivity contribution is 0.244. The average Bonchev–Trinajstić information content (AvgIpc) is 2.79. The van der Waals surface area contributed by atoms with Crippen LogP contribution >= 0.6 is 11.6 Å². The number of aromatic nitrogens is 3. The number of anilines is 1. The van der Waals surface area contributed by atoms with Crippen LogP contribution in [0.2, 0.25) is 5.02 Å². The first kappa shape index (κ1) is 19.5. The van der Waals surface area contributed by atoms with Crippen LogP contribution in [0.5, 0.6) is 0 Å². The molecule has 3 heterocycles. The monoisotopic (exact) mass is 430 g/mol. The number of H-pyrrole nitrogens is 1. The van der Waals surface area contributed by atoms with Crippen LogP contribution < -0.4 is 10.5 Å². The van der Waals surface area contributed by atoms with Crippen LogP contribution in [0.15, 0.2) is 53.5 Å². The number of nitriles is 1. The van der Waals surface area contributed by atoms with Gasteiger partial charge in [-0.2, -0.15) is 5.26 Å². The maximum absolute atomic E-state index is 12.3. The number of rotatable bonds is 3. The summed E-state index contributed by atoms with van der Waals surface area (Å²) >= 11 is 6.22. The number of hydrogen-bond acceptors (Lipinski definition) is 6. The van der Waals surface area contributed by atoms with Gasteiger partial charge in [0.05, 0.1) is 34.2 Å². The summed E-state index contributed by atoms with van der Waals surface area (Å²) in [6, 6.07) is 15.2. The standard InChI is InChI=1S/C23H19ClN6O/c24-16-5-6-19-18(11-16)22(15(12-25)13-26-19)30-9-7-29(8-10-30)14-21-27-20-4-2-1-3-17(20)23(31)28-21/h1-6,11,13H,7-10,14H2,(H,27,28,31). The molecular weight excluding hydrogens is 412 g/mol. The second kappa shape index (κ2) is 7.99. The number of benzene rings is 2. The Kier molecular flexibility index (Phi) is 5.02. The maximum Gasteiger partial charge on any atom is 0.258 e. The van der Waals surface area contributed by atoms with E-state index in [1.165, 1.54) is 0 Å². The lowest BCUT2D eigenvalue weighted by Crippen LogP contribution is -2.46. The van der Waals surface area contributed by atoms with E-state index < -0.39 is 0 Å². The van der Waals surface area contributed by atoms with Crippen molar-refractivity contribution in [2.45, 2.75) is 6.54 Å². The smallest absolute Gasteiger partial charge is 0.258 e. The van der Waals surface area contributed by atoms with Gasteiger partial charge in [-0.3, -0.25) is 14.7 Å². The Hall–Kier alpha value is -3.47. The maximum atomic E-state index is 12.3. The molecule has 0 spiro atoms. The molecule has 2 aromatic heterocycles. The number of nitrogens with zero attached hydrogens (tertiary/aromatic N) is 5. The quantitative estimate of drug-likeness (QED) is 0.536. The average molecular weight is 431 g/mol. The predicted octanol–water partition coefficient (Wildman–Crippen LogP) is 3.32. The molecular formula is C23H19ClN6O. The molecule has 0 aliphatic carbocycles. The molecule has 2 aromatic carbocycles. The van der Waals surface area contributed by atoms with Gasteiger partial charge in [-0.05, 0) is 30.3 Å². The molecule has 0 amide bonds. The van der Waals surface area contributed by atoms with E-state index in [0.717, 1.165) is 42.8 Å². The third-order valence-electron chi connectivity index (χ3n) is 5.65. The van der Waals surface area contributed by atoms with Crippen molar-refractivity contribution in [2.75, 3.05) is 31.1 Å². The number of nitrogens with one attached hydrogen (secondary N) is 1. The fourth-order valence-corrected chi connectivity index (χ4v) is 4.30. The number of pyridine rings is 1. The summed E-state index contributed by atoms with van der Waals surface area (Å²) in [7, 11) is 0.